The highest BCUT2D eigenvalue weighted by molar-refractivity contribution is 7.89. The third kappa shape index (κ3) is 4.12. The van der Waals surface area contributed by atoms with Crippen LogP contribution in [0, 0.1) is 0 Å². The molecule has 0 atom stereocenters. The average molecular weight is 353 g/mol. The molecule has 0 bridgehead atoms. The second-order valence-corrected chi connectivity index (χ2v) is 8.47. The summed E-state index contributed by atoms with van der Waals surface area (Å²) in [7, 11) is -3.75. The number of carboxylic acid groups (broad SMARTS) is 1. The summed E-state index contributed by atoms with van der Waals surface area (Å²) in [6.07, 6.45) is 1.74. The minimum absolute atomic E-state index is 0.101. The van der Waals surface area contributed by atoms with Crippen LogP contribution < -0.4 is 4.72 Å². The average Bonchev–Trinajstić information content (AvgIpc) is 2.87. The summed E-state index contributed by atoms with van der Waals surface area (Å²) in [6, 6.07) is 5.04. The van der Waals surface area contributed by atoms with Crippen molar-refractivity contribution in [2.75, 3.05) is 0 Å². The molecule has 0 unspecified atom stereocenters. The minimum Gasteiger partial charge on any atom is -0.481 e. The van der Waals surface area contributed by atoms with Crippen molar-refractivity contribution in [1.29, 1.82) is 0 Å². The molecule has 0 saturated heterocycles. The van der Waals surface area contributed by atoms with Crippen molar-refractivity contribution in [3.05, 3.63) is 24.4 Å². The first kappa shape index (κ1) is 18.4. The van der Waals surface area contributed by atoms with Crippen molar-refractivity contribution < 1.29 is 18.3 Å². The van der Waals surface area contributed by atoms with Gasteiger partial charge in [-0.15, -0.1) is 0 Å². The van der Waals surface area contributed by atoms with E-state index >= 15 is 0 Å². The largest absolute Gasteiger partial charge is 0.481 e. The number of rotatable bonds is 7. The van der Waals surface area contributed by atoms with Crippen molar-refractivity contribution in [2.45, 2.75) is 57.0 Å². The van der Waals surface area contributed by atoms with Crippen LogP contribution in [-0.2, 0) is 14.8 Å². The molecule has 2 aromatic rings. The van der Waals surface area contributed by atoms with Crippen LogP contribution in [0.3, 0.4) is 0 Å². The van der Waals surface area contributed by atoms with Crippen LogP contribution in [0.15, 0.2) is 29.3 Å². The smallest absolute Gasteiger partial charge is 0.303 e. The molecular formula is C16H23N3O4S. The van der Waals surface area contributed by atoms with Gasteiger partial charge in [-0.25, -0.2) is 13.1 Å². The third-order valence-electron chi connectivity index (χ3n) is 3.74. The van der Waals surface area contributed by atoms with E-state index in [-0.39, 0.29) is 23.8 Å². The first-order valence-electron chi connectivity index (χ1n) is 7.75. The van der Waals surface area contributed by atoms with Gasteiger partial charge in [0.25, 0.3) is 0 Å². The van der Waals surface area contributed by atoms with E-state index in [2.05, 4.69) is 9.82 Å². The Morgan fingerprint density at radius 3 is 2.62 bits per heavy atom. The van der Waals surface area contributed by atoms with Gasteiger partial charge < -0.3 is 5.11 Å². The van der Waals surface area contributed by atoms with Crippen molar-refractivity contribution in [3.63, 3.8) is 0 Å². The van der Waals surface area contributed by atoms with Crippen molar-refractivity contribution >= 4 is 26.9 Å². The lowest BCUT2D eigenvalue weighted by Gasteiger charge is -2.25. The highest BCUT2D eigenvalue weighted by atomic mass is 32.2. The van der Waals surface area contributed by atoms with Crippen LogP contribution in [-0.4, -0.2) is 34.8 Å². The number of carbonyl (C=O) groups is 1. The van der Waals surface area contributed by atoms with Crippen molar-refractivity contribution in [1.82, 2.24) is 14.5 Å². The molecule has 2 rings (SSSR count). The standard InChI is InChI=1S/C16H23N3O4S/c1-11(2)19-14-6-5-13(9-12(14)10-17-19)24(22,23)18-16(3,4)8-7-15(20)21/h5-6,9-11,18H,7-8H2,1-4H3,(H,20,21). The van der Waals surface area contributed by atoms with Crippen LogP contribution >= 0.6 is 0 Å². The van der Waals surface area contributed by atoms with Crippen LogP contribution in [0.1, 0.15) is 46.6 Å². The summed E-state index contributed by atoms with van der Waals surface area (Å²) < 4.78 is 29.6. The number of nitrogens with one attached hydrogen (secondary N) is 1. The Morgan fingerprint density at radius 1 is 1.38 bits per heavy atom. The van der Waals surface area contributed by atoms with Gasteiger partial charge >= 0.3 is 5.97 Å². The number of fused-ring (bicyclic) bond motifs is 1. The predicted octanol–water partition coefficient (Wildman–Crippen LogP) is 2.54. The summed E-state index contributed by atoms with van der Waals surface area (Å²) >= 11 is 0. The number of aromatic nitrogens is 2. The van der Waals surface area contributed by atoms with E-state index < -0.39 is 21.5 Å². The number of hydrogen-bond donors (Lipinski definition) is 2. The van der Waals surface area contributed by atoms with Gasteiger partial charge in [-0.3, -0.25) is 9.48 Å². The lowest BCUT2D eigenvalue weighted by Crippen LogP contribution is -2.43. The van der Waals surface area contributed by atoms with E-state index in [4.69, 9.17) is 5.11 Å². The van der Waals surface area contributed by atoms with Gasteiger partial charge in [0.15, 0.2) is 0 Å². The molecule has 0 fully saturated rings. The van der Waals surface area contributed by atoms with E-state index in [1.54, 1.807) is 38.2 Å². The molecule has 0 radical (unpaired) electrons. The maximum absolute atomic E-state index is 12.6. The number of benzene rings is 1. The van der Waals surface area contributed by atoms with Gasteiger partial charge in [-0.1, -0.05) is 0 Å². The molecule has 24 heavy (non-hydrogen) atoms. The van der Waals surface area contributed by atoms with Crippen LogP contribution in [0.25, 0.3) is 10.9 Å². The number of hydrogen-bond acceptors (Lipinski definition) is 4. The van der Waals surface area contributed by atoms with Gasteiger partial charge in [-0.2, -0.15) is 5.10 Å². The summed E-state index contributed by atoms with van der Waals surface area (Å²) in [5, 5.41) is 13.8. The second-order valence-electron chi connectivity index (χ2n) is 6.79. The van der Waals surface area contributed by atoms with Crippen LogP contribution in [0.5, 0.6) is 0 Å². The SMILES string of the molecule is CC(C)n1ncc2cc(S(=O)(=O)NC(C)(C)CCC(=O)O)ccc21. The molecule has 0 saturated carbocycles. The number of carboxylic acids is 1. The van der Waals surface area contributed by atoms with Crippen LogP contribution in [0.2, 0.25) is 0 Å². The monoisotopic (exact) mass is 353 g/mol. The normalized spacial score (nSPS) is 12.9. The van der Waals surface area contributed by atoms with Gasteiger partial charge in [0, 0.05) is 23.4 Å². The highest BCUT2D eigenvalue weighted by Gasteiger charge is 2.27. The molecule has 0 aliphatic heterocycles. The van der Waals surface area contributed by atoms with E-state index in [9.17, 15) is 13.2 Å². The molecule has 1 aromatic heterocycles. The third-order valence-corrected chi connectivity index (χ3v) is 5.44. The number of sulfonamides is 1. The second kappa shape index (κ2) is 6.52. The minimum atomic E-state index is -3.75. The Balaban J connectivity index is 2.29. The quantitative estimate of drug-likeness (QED) is 0.796. The Labute approximate surface area is 141 Å². The van der Waals surface area contributed by atoms with E-state index in [1.807, 2.05) is 18.5 Å². The molecule has 0 spiro atoms. The fourth-order valence-corrected chi connectivity index (χ4v) is 3.98. The lowest BCUT2D eigenvalue weighted by atomic mass is 10.0. The van der Waals surface area contributed by atoms with Gasteiger partial charge in [0.05, 0.1) is 16.6 Å². The molecule has 1 heterocycles. The maximum Gasteiger partial charge on any atom is 0.303 e. The topological polar surface area (TPSA) is 101 Å². The lowest BCUT2D eigenvalue weighted by molar-refractivity contribution is -0.137. The van der Waals surface area contributed by atoms with Crippen molar-refractivity contribution in [2.24, 2.45) is 0 Å². The van der Waals surface area contributed by atoms with Gasteiger partial charge in [0.2, 0.25) is 10.0 Å². The fraction of sp³-hybridized carbons (Fsp3) is 0.500. The van der Waals surface area contributed by atoms with E-state index in [1.165, 1.54) is 0 Å². The molecule has 8 heteroatoms. The molecule has 0 aliphatic rings. The fourth-order valence-electron chi connectivity index (χ4n) is 2.50. The Morgan fingerprint density at radius 2 is 2.04 bits per heavy atom. The molecule has 1 aromatic carbocycles. The maximum atomic E-state index is 12.6. The van der Waals surface area contributed by atoms with Crippen molar-refractivity contribution in [3.8, 4) is 0 Å². The first-order chi connectivity index (χ1) is 11.0. The molecule has 132 valence electrons. The summed E-state index contributed by atoms with van der Waals surface area (Å²) in [4.78, 5) is 10.8. The molecule has 7 nitrogen and oxygen atoms in total. The Bertz CT molecular complexity index is 853. The zero-order chi connectivity index (χ0) is 18.1. The van der Waals surface area contributed by atoms with Crippen LogP contribution in [0.4, 0.5) is 0 Å². The van der Waals surface area contributed by atoms with Gasteiger partial charge in [0.1, 0.15) is 0 Å². The van der Waals surface area contributed by atoms with Gasteiger partial charge in [-0.05, 0) is 52.3 Å². The number of aliphatic carboxylic acids is 1. The number of nitrogens with zero attached hydrogens (tertiary/aromatic N) is 2. The highest BCUT2D eigenvalue weighted by Crippen LogP contribution is 2.23. The van der Waals surface area contributed by atoms with E-state index in [0.29, 0.717) is 0 Å². The molecule has 0 aliphatic carbocycles. The molecule has 0 amide bonds. The molecule has 2 N–H and O–H groups in total. The Kier molecular flexibility index (Phi) is 5.00. The summed E-state index contributed by atoms with van der Waals surface area (Å²) in [5.41, 5.74) is 0.0166. The first-order valence-corrected chi connectivity index (χ1v) is 9.23. The predicted molar refractivity (Wildman–Crippen MR) is 91.4 cm³/mol. The summed E-state index contributed by atoms with van der Waals surface area (Å²) in [5.74, 6) is -0.954. The molecular weight excluding hydrogens is 330 g/mol. The summed E-state index contributed by atoms with van der Waals surface area (Å²) in [6.45, 7) is 7.35. The zero-order valence-corrected chi connectivity index (χ0v) is 15.1. The van der Waals surface area contributed by atoms with E-state index in [0.717, 1.165) is 10.9 Å². The zero-order valence-electron chi connectivity index (χ0n) is 14.3. The Hall–Kier alpha value is -1.93.